The monoisotopic (exact) mass is 364 g/mol. The highest BCUT2D eigenvalue weighted by molar-refractivity contribution is 5.87. The maximum atomic E-state index is 12.6. The third kappa shape index (κ3) is 3.26. The van der Waals surface area contributed by atoms with Crippen molar-refractivity contribution in [3.05, 3.63) is 40.4 Å². The second-order valence-corrected chi connectivity index (χ2v) is 6.27. The predicted molar refractivity (Wildman–Crippen MR) is 108 cm³/mol. The average Bonchev–Trinajstić information content (AvgIpc) is 3.10. The zero-order chi connectivity index (χ0) is 18.8. The molecule has 3 aromatic rings. The van der Waals surface area contributed by atoms with Gasteiger partial charge in [0.05, 0.1) is 6.21 Å². The lowest BCUT2D eigenvalue weighted by Gasteiger charge is -2.29. The average molecular weight is 364 g/mol. The van der Waals surface area contributed by atoms with Crippen molar-refractivity contribution in [2.75, 3.05) is 38.1 Å². The van der Waals surface area contributed by atoms with Gasteiger partial charge in [0.15, 0.2) is 5.82 Å². The van der Waals surface area contributed by atoms with Crippen LogP contribution in [-0.2, 0) is 0 Å². The van der Waals surface area contributed by atoms with Crippen LogP contribution in [0.2, 0.25) is 0 Å². The highest BCUT2D eigenvalue weighted by Gasteiger charge is 2.16. The van der Waals surface area contributed by atoms with Crippen LogP contribution in [-0.4, -0.2) is 56.1 Å². The van der Waals surface area contributed by atoms with Gasteiger partial charge < -0.3 is 19.6 Å². The van der Waals surface area contributed by atoms with Gasteiger partial charge >= 0.3 is 5.63 Å². The van der Waals surface area contributed by atoms with Crippen LogP contribution in [0.15, 0.2) is 43.5 Å². The Labute approximate surface area is 155 Å². The minimum atomic E-state index is -0.454. The van der Waals surface area contributed by atoms with E-state index < -0.39 is 5.63 Å². The van der Waals surface area contributed by atoms with E-state index in [9.17, 15) is 4.79 Å². The van der Waals surface area contributed by atoms with Crippen molar-refractivity contribution in [1.82, 2.24) is 15.3 Å². The Morgan fingerprint density at radius 3 is 2.85 bits per heavy atom. The Morgan fingerprint density at radius 2 is 2.11 bits per heavy atom. The van der Waals surface area contributed by atoms with Gasteiger partial charge in [0.1, 0.15) is 22.7 Å². The smallest absolute Gasteiger partial charge is 0.347 e. The summed E-state index contributed by atoms with van der Waals surface area (Å²) >= 11 is 0. The van der Waals surface area contributed by atoms with Crippen molar-refractivity contribution < 1.29 is 4.42 Å². The van der Waals surface area contributed by atoms with E-state index in [2.05, 4.69) is 36.9 Å². The van der Waals surface area contributed by atoms with Gasteiger partial charge in [-0.25, -0.2) is 14.8 Å². The standard InChI is InChI=1S/C19H20N6O2/c1-20-11-15-18(21-2)24-17(23-15)14-9-12-3-4-13(10-16(12)27-19(14)26)25-7-5-22-6-8-25/h3-4,9-11,22H,2,5-8H2,1H3,(H,23,24)/b20-11-. The van der Waals surface area contributed by atoms with Crippen molar-refractivity contribution in [2.24, 2.45) is 9.98 Å². The summed E-state index contributed by atoms with van der Waals surface area (Å²) in [4.78, 5) is 30.0. The first kappa shape index (κ1) is 17.2. The fourth-order valence-corrected chi connectivity index (χ4v) is 3.22. The van der Waals surface area contributed by atoms with Crippen LogP contribution in [0.3, 0.4) is 0 Å². The Bertz CT molecular complexity index is 1080. The van der Waals surface area contributed by atoms with Gasteiger partial charge in [-0.05, 0) is 24.9 Å². The number of H-pyrrole nitrogens is 1. The van der Waals surface area contributed by atoms with Gasteiger partial charge in [0.2, 0.25) is 0 Å². The first-order chi connectivity index (χ1) is 13.2. The van der Waals surface area contributed by atoms with Crippen molar-refractivity contribution >= 4 is 35.4 Å². The van der Waals surface area contributed by atoms with E-state index in [4.69, 9.17) is 4.42 Å². The van der Waals surface area contributed by atoms with E-state index >= 15 is 0 Å². The number of rotatable bonds is 4. The minimum Gasteiger partial charge on any atom is -0.422 e. The number of piperazine rings is 1. The Morgan fingerprint density at radius 1 is 1.30 bits per heavy atom. The summed E-state index contributed by atoms with van der Waals surface area (Å²) in [6.45, 7) is 7.27. The summed E-state index contributed by atoms with van der Waals surface area (Å²) in [5.41, 5.74) is 2.03. The molecule has 1 aliphatic heterocycles. The molecule has 0 amide bonds. The molecule has 8 heteroatoms. The molecule has 0 spiro atoms. The van der Waals surface area contributed by atoms with Gasteiger partial charge in [0.25, 0.3) is 0 Å². The lowest BCUT2D eigenvalue weighted by Crippen LogP contribution is -2.43. The van der Waals surface area contributed by atoms with Gasteiger partial charge in [-0.15, -0.1) is 0 Å². The molecule has 4 rings (SSSR count). The molecular formula is C19H20N6O2. The molecule has 1 fully saturated rings. The number of benzene rings is 1. The van der Waals surface area contributed by atoms with Crippen LogP contribution in [0.1, 0.15) is 5.69 Å². The van der Waals surface area contributed by atoms with E-state index in [1.807, 2.05) is 18.2 Å². The summed E-state index contributed by atoms with van der Waals surface area (Å²) < 4.78 is 5.58. The molecule has 138 valence electrons. The number of aromatic nitrogens is 2. The predicted octanol–water partition coefficient (Wildman–Crippen LogP) is 1.97. The zero-order valence-corrected chi connectivity index (χ0v) is 15.0. The number of hydrogen-bond acceptors (Lipinski definition) is 7. The zero-order valence-electron chi connectivity index (χ0n) is 15.0. The molecule has 0 aliphatic carbocycles. The number of imidazole rings is 1. The van der Waals surface area contributed by atoms with Gasteiger partial charge in [-0.1, -0.05) is 0 Å². The van der Waals surface area contributed by atoms with Gasteiger partial charge in [0, 0.05) is 50.4 Å². The molecule has 0 radical (unpaired) electrons. The molecule has 3 heterocycles. The molecular weight excluding hydrogens is 344 g/mol. The van der Waals surface area contributed by atoms with Crippen molar-refractivity contribution in [3.8, 4) is 11.4 Å². The van der Waals surface area contributed by atoms with E-state index in [-0.39, 0.29) is 0 Å². The fraction of sp³-hybridized carbons (Fsp3) is 0.263. The summed E-state index contributed by atoms with van der Waals surface area (Å²) in [6.07, 6.45) is 1.56. The first-order valence-corrected chi connectivity index (χ1v) is 8.72. The molecule has 1 saturated heterocycles. The number of nitrogens with one attached hydrogen (secondary N) is 2. The molecule has 0 unspecified atom stereocenters. The molecule has 27 heavy (non-hydrogen) atoms. The fourth-order valence-electron chi connectivity index (χ4n) is 3.22. The van der Waals surface area contributed by atoms with Gasteiger partial charge in [-0.3, -0.25) is 4.99 Å². The molecule has 1 aromatic carbocycles. The summed E-state index contributed by atoms with van der Waals surface area (Å²) in [7, 11) is 1.64. The highest BCUT2D eigenvalue weighted by Crippen LogP contribution is 2.26. The largest absolute Gasteiger partial charge is 0.422 e. The maximum Gasteiger partial charge on any atom is 0.347 e. The summed E-state index contributed by atoms with van der Waals surface area (Å²) in [5, 5.41) is 4.16. The van der Waals surface area contributed by atoms with E-state index in [0.29, 0.717) is 28.5 Å². The third-order valence-electron chi connectivity index (χ3n) is 4.58. The Balaban J connectivity index is 1.76. The Hall–Kier alpha value is -3.26. The summed E-state index contributed by atoms with van der Waals surface area (Å²) in [6, 6.07) is 7.70. The van der Waals surface area contributed by atoms with Crippen LogP contribution in [0, 0.1) is 0 Å². The van der Waals surface area contributed by atoms with Crippen LogP contribution >= 0.6 is 0 Å². The van der Waals surface area contributed by atoms with Crippen molar-refractivity contribution in [2.45, 2.75) is 0 Å². The van der Waals surface area contributed by atoms with E-state index in [0.717, 1.165) is 37.3 Å². The second-order valence-electron chi connectivity index (χ2n) is 6.27. The molecule has 1 aliphatic rings. The Kier molecular flexibility index (Phi) is 4.55. The van der Waals surface area contributed by atoms with Crippen LogP contribution < -0.4 is 15.8 Å². The molecule has 0 saturated carbocycles. The van der Waals surface area contributed by atoms with Crippen LogP contribution in [0.4, 0.5) is 11.5 Å². The van der Waals surface area contributed by atoms with E-state index in [1.165, 1.54) is 0 Å². The normalized spacial score (nSPS) is 14.9. The SMILES string of the molecule is C=Nc1[nH]c(-c2cc3ccc(N4CCNCC4)cc3oc2=O)nc1/C=N\C. The van der Waals surface area contributed by atoms with Crippen LogP contribution in [0.25, 0.3) is 22.4 Å². The number of anilines is 1. The van der Waals surface area contributed by atoms with Crippen LogP contribution in [0.5, 0.6) is 0 Å². The molecule has 2 aromatic heterocycles. The lowest BCUT2D eigenvalue weighted by atomic mass is 10.1. The van der Waals surface area contributed by atoms with Crippen molar-refractivity contribution in [1.29, 1.82) is 0 Å². The first-order valence-electron chi connectivity index (χ1n) is 8.72. The minimum absolute atomic E-state index is 0.345. The second kappa shape index (κ2) is 7.16. The molecule has 8 nitrogen and oxygen atoms in total. The third-order valence-corrected chi connectivity index (χ3v) is 4.58. The van der Waals surface area contributed by atoms with E-state index in [1.54, 1.807) is 19.3 Å². The highest BCUT2D eigenvalue weighted by atomic mass is 16.4. The number of aromatic amines is 1. The quantitative estimate of drug-likeness (QED) is 0.545. The number of aliphatic imine (C=N–C) groups is 2. The lowest BCUT2D eigenvalue weighted by molar-refractivity contribution is 0.561. The van der Waals surface area contributed by atoms with Gasteiger partial charge in [-0.2, -0.15) is 0 Å². The topological polar surface area (TPSA) is 98.9 Å². The molecule has 0 bridgehead atoms. The number of nitrogens with zero attached hydrogens (tertiary/aromatic N) is 4. The number of fused-ring (bicyclic) bond motifs is 1. The molecule has 0 atom stereocenters. The molecule has 2 N–H and O–H groups in total. The maximum absolute atomic E-state index is 12.6. The van der Waals surface area contributed by atoms with Crippen molar-refractivity contribution in [3.63, 3.8) is 0 Å². The number of hydrogen-bond donors (Lipinski definition) is 2. The summed E-state index contributed by atoms with van der Waals surface area (Å²) in [5.74, 6) is 0.846.